The van der Waals surface area contributed by atoms with Crippen LogP contribution < -0.4 is 15.4 Å². The molecule has 0 radical (unpaired) electrons. The third-order valence-electron chi connectivity index (χ3n) is 5.49. The number of anilines is 1. The zero-order valence-electron chi connectivity index (χ0n) is 17.7. The van der Waals surface area contributed by atoms with Gasteiger partial charge in [0.15, 0.2) is 5.82 Å². The van der Waals surface area contributed by atoms with Crippen LogP contribution in [0.2, 0.25) is 0 Å². The van der Waals surface area contributed by atoms with Crippen LogP contribution in [0.5, 0.6) is 11.5 Å². The standard InChI is InChI=1S/C23H27FN4O3/c1-30-9-3-4-14-10-19-17(12-21(14)31-2)22(26-16-7-8-25-13-16)28-23(27-19)18-11-15(24)5-6-20(18)29/h5-6,10-12,16,25,29H,3-4,7-9,13H2,1-2H3,(H,26,27,28)/t16-/m0/s1. The first kappa shape index (κ1) is 21.3. The average Bonchev–Trinajstić information content (AvgIpc) is 3.28. The molecule has 1 aliphatic heterocycles. The first-order valence-corrected chi connectivity index (χ1v) is 10.4. The lowest BCUT2D eigenvalue weighted by molar-refractivity contribution is 0.195. The molecule has 0 spiro atoms. The second-order valence-electron chi connectivity index (χ2n) is 7.67. The minimum absolute atomic E-state index is 0.0666. The number of aromatic hydroxyl groups is 1. The second kappa shape index (κ2) is 9.45. The molecule has 0 amide bonds. The number of halogens is 1. The van der Waals surface area contributed by atoms with Gasteiger partial charge in [0.25, 0.3) is 0 Å². The smallest absolute Gasteiger partial charge is 0.165 e. The van der Waals surface area contributed by atoms with Gasteiger partial charge in [0.2, 0.25) is 0 Å². The van der Waals surface area contributed by atoms with E-state index in [0.29, 0.717) is 17.9 Å². The molecule has 3 N–H and O–H groups in total. The molecule has 2 heterocycles. The predicted octanol–water partition coefficient (Wildman–Crippen LogP) is 3.50. The van der Waals surface area contributed by atoms with Crippen molar-refractivity contribution >= 4 is 16.7 Å². The number of methoxy groups -OCH3 is 2. The van der Waals surface area contributed by atoms with Gasteiger partial charge in [-0.2, -0.15) is 0 Å². The fourth-order valence-electron chi connectivity index (χ4n) is 3.88. The summed E-state index contributed by atoms with van der Waals surface area (Å²) in [6, 6.07) is 7.92. The van der Waals surface area contributed by atoms with E-state index in [9.17, 15) is 9.50 Å². The number of phenolic OH excluding ortho intramolecular Hbond substituents is 1. The third-order valence-corrected chi connectivity index (χ3v) is 5.49. The van der Waals surface area contributed by atoms with Crippen LogP contribution >= 0.6 is 0 Å². The number of phenols is 1. The Bertz CT molecular complexity index is 1070. The number of aryl methyl sites for hydroxylation is 1. The Hall–Kier alpha value is -2.97. The maximum Gasteiger partial charge on any atom is 0.165 e. The molecular weight excluding hydrogens is 399 g/mol. The molecule has 0 bridgehead atoms. The van der Waals surface area contributed by atoms with Gasteiger partial charge < -0.3 is 25.2 Å². The van der Waals surface area contributed by atoms with E-state index in [-0.39, 0.29) is 23.2 Å². The molecule has 1 saturated heterocycles. The summed E-state index contributed by atoms with van der Waals surface area (Å²) in [5.74, 6) is 1.15. The molecule has 1 aliphatic rings. The van der Waals surface area contributed by atoms with E-state index in [2.05, 4.69) is 20.6 Å². The Morgan fingerprint density at radius 2 is 2.10 bits per heavy atom. The van der Waals surface area contributed by atoms with Crippen molar-refractivity contribution in [2.24, 2.45) is 0 Å². The van der Waals surface area contributed by atoms with E-state index >= 15 is 0 Å². The zero-order chi connectivity index (χ0) is 21.8. The molecule has 3 aromatic rings. The fourth-order valence-corrected chi connectivity index (χ4v) is 3.88. The molecule has 0 unspecified atom stereocenters. The summed E-state index contributed by atoms with van der Waals surface area (Å²) in [6.07, 6.45) is 2.59. The summed E-state index contributed by atoms with van der Waals surface area (Å²) in [5, 5.41) is 17.9. The number of nitrogens with one attached hydrogen (secondary N) is 2. The van der Waals surface area contributed by atoms with Crippen LogP contribution in [-0.2, 0) is 11.2 Å². The number of benzene rings is 2. The van der Waals surface area contributed by atoms with E-state index in [0.717, 1.165) is 49.1 Å². The number of nitrogens with zero attached hydrogens (tertiary/aromatic N) is 2. The second-order valence-corrected chi connectivity index (χ2v) is 7.67. The molecule has 0 aliphatic carbocycles. The van der Waals surface area contributed by atoms with Gasteiger partial charge in [-0.25, -0.2) is 14.4 Å². The fraction of sp³-hybridized carbons (Fsp3) is 0.391. The van der Waals surface area contributed by atoms with Crippen molar-refractivity contribution < 1.29 is 19.0 Å². The first-order valence-electron chi connectivity index (χ1n) is 10.4. The first-order chi connectivity index (χ1) is 15.1. The van der Waals surface area contributed by atoms with E-state index in [1.165, 1.54) is 18.2 Å². The Kier molecular flexibility index (Phi) is 6.48. The molecule has 1 fully saturated rings. The summed E-state index contributed by atoms with van der Waals surface area (Å²) in [4.78, 5) is 9.33. The van der Waals surface area contributed by atoms with Crippen LogP contribution in [0.3, 0.4) is 0 Å². The van der Waals surface area contributed by atoms with Crippen LogP contribution in [-0.4, -0.2) is 55.0 Å². The van der Waals surface area contributed by atoms with Crippen LogP contribution in [0.1, 0.15) is 18.4 Å². The van der Waals surface area contributed by atoms with Crippen molar-refractivity contribution in [2.45, 2.75) is 25.3 Å². The quantitative estimate of drug-likeness (QED) is 0.475. The highest BCUT2D eigenvalue weighted by Crippen LogP contribution is 2.34. The molecule has 1 aromatic heterocycles. The Morgan fingerprint density at radius 3 is 2.84 bits per heavy atom. The van der Waals surface area contributed by atoms with Gasteiger partial charge in [-0.15, -0.1) is 0 Å². The number of aromatic nitrogens is 2. The van der Waals surface area contributed by atoms with Crippen LogP contribution in [0, 0.1) is 5.82 Å². The van der Waals surface area contributed by atoms with Gasteiger partial charge in [0, 0.05) is 31.7 Å². The van der Waals surface area contributed by atoms with E-state index in [1.54, 1.807) is 14.2 Å². The molecule has 4 rings (SSSR count). The third kappa shape index (κ3) is 4.70. The minimum Gasteiger partial charge on any atom is -0.507 e. The molecule has 8 heteroatoms. The van der Waals surface area contributed by atoms with Crippen molar-refractivity contribution in [1.82, 2.24) is 15.3 Å². The Morgan fingerprint density at radius 1 is 1.23 bits per heavy atom. The van der Waals surface area contributed by atoms with Crippen molar-refractivity contribution in [2.75, 3.05) is 39.2 Å². The van der Waals surface area contributed by atoms with Gasteiger partial charge in [-0.05, 0) is 61.7 Å². The van der Waals surface area contributed by atoms with Crippen LogP contribution in [0.4, 0.5) is 10.2 Å². The van der Waals surface area contributed by atoms with Gasteiger partial charge in [-0.1, -0.05) is 0 Å². The monoisotopic (exact) mass is 426 g/mol. The van der Waals surface area contributed by atoms with Crippen LogP contribution in [0.15, 0.2) is 30.3 Å². The normalized spacial score (nSPS) is 16.0. The van der Waals surface area contributed by atoms with E-state index in [1.807, 2.05) is 12.1 Å². The maximum atomic E-state index is 13.9. The topological polar surface area (TPSA) is 88.5 Å². The number of hydrogen-bond acceptors (Lipinski definition) is 7. The Balaban J connectivity index is 1.85. The molecule has 7 nitrogen and oxygen atoms in total. The highest BCUT2D eigenvalue weighted by Gasteiger charge is 2.20. The van der Waals surface area contributed by atoms with Crippen LogP contribution in [0.25, 0.3) is 22.3 Å². The number of hydrogen-bond donors (Lipinski definition) is 3. The zero-order valence-corrected chi connectivity index (χ0v) is 17.7. The van der Waals surface area contributed by atoms with Crippen molar-refractivity contribution in [3.63, 3.8) is 0 Å². The molecule has 31 heavy (non-hydrogen) atoms. The number of ether oxygens (including phenoxy) is 2. The lowest BCUT2D eigenvalue weighted by Crippen LogP contribution is -2.23. The largest absolute Gasteiger partial charge is 0.507 e. The lowest BCUT2D eigenvalue weighted by atomic mass is 10.0. The van der Waals surface area contributed by atoms with Gasteiger partial charge in [-0.3, -0.25) is 0 Å². The summed E-state index contributed by atoms with van der Waals surface area (Å²) < 4.78 is 24.7. The SMILES string of the molecule is COCCCc1cc2nc(-c3cc(F)ccc3O)nc(N[C@H]3CCNC3)c2cc1OC. The maximum absolute atomic E-state index is 13.9. The van der Waals surface area contributed by atoms with Gasteiger partial charge in [0.1, 0.15) is 23.1 Å². The highest BCUT2D eigenvalue weighted by molar-refractivity contribution is 5.93. The lowest BCUT2D eigenvalue weighted by Gasteiger charge is -2.17. The van der Waals surface area contributed by atoms with Crippen molar-refractivity contribution in [3.8, 4) is 22.9 Å². The average molecular weight is 426 g/mol. The molecular formula is C23H27FN4O3. The summed E-state index contributed by atoms with van der Waals surface area (Å²) in [6.45, 7) is 2.42. The molecule has 164 valence electrons. The summed E-state index contributed by atoms with van der Waals surface area (Å²) >= 11 is 0. The van der Waals surface area contributed by atoms with Gasteiger partial charge in [0.05, 0.1) is 18.2 Å². The van der Waals surface area contributed by atoms with Crippen molar-refractivity contribution in [1.29, 1.82) is 0 Å². The minimum atomic E-state index is -0.457. The van der Waals surface area contributed by atoms with Crippen molar-refractivity contribution in [3.05, 3.63) is 41.7 Å². The molecule has 2 aromatic carbocycles. The van der Waals surface area contributed by atoms with Gasteiger partial charge >= 0.3 is 0 Å². The number of rotatable bonds is 8. The predicted molar refractivity (Wildman–Crippen MR) is 118 cm³/mol. The highest BCUT2D eigenvalue weighted by atomic mass is 19.1. The number of fused-ring (bicyclic) bond motifs is 1. The molecule has 0 saturated carbocycles. The van der Waals surface area contributed by atoms with E-state index in [4.69, 9.17) is 9.47 Å². The summed E-state index contributed by atoms with van der Waals surface area (Å²) in [5.41, 5.74) is 1.97. The summed E-state index contributed by atoms with van der Waals surface area (Å²) in [7, 11) is 3.33. The van der Waals surface area contributed by atoms with E-state index < -0.39 is 5.82 Å². The molecule has 1 atom stereocenters. The Labute approximate surface area is 180 Å².